The Balaban J connectivity index is 1.28. The van der Waals surface area contributed by atoms with Gasteiger partial charge in [-0.05, 0) is 50.3 Å². The van der Waals surface area contributed by atoms with Crippen LogP contribution in [0.1, 0.15) is 44.1 Å². The number of hydrogen-bond acceptors (Lipinski definition) is 3. The van der Waals surface area contributed by atoms with Crippen LogP contribution in [0.25, 0.3) is 0 Å². The summed E-state index contributed by atoms with van der Waals surface area (Å²) in [7, 11) is 0. The Morgan fingerprint density at radius 2 is 1.42 bits per heavy atom. The lowest BCUT2D eigenvalue weighted by Crippen LogP contribution is -2.55. The van der Waals surface area contributed by atoms with Crippen molar-refractivity contribution in [2.45, 2.75) is 45.4 Å². The highest BCUT2D eigenvalue weighted by Gasteiger charge is 2.34. The molecule has 1 unspecified atom stereocenters. The van der Waals surface area contributed by atoms with Gasteiger partial charge in [0.15, 0.2) is 0 Å². The topological polar surface area (TPSA) is 73.0 Å². The Bertz CT molecular complexity index is 813. The number of piperidine rings is 1. The highest BCUT2D eigenvalue weighted by Crippen LogP contribution is 2.27. The number of nitrogens with one attached hydrogen (secondary N) is 1. The molecule has 1 aromatic rings. The summed E-state index contributed by atoms with van der Waals surface area (Å²) in [6, 6.07) is 7.59. The Labute approximate surface area is 184 Å². The largest absolute Gasteiger partial charge is 0.339 e. The molecule has 7 heteroatoms. The number of carbonyl (C=O) groups excluding carboxylic acids is 3. The van der Waals surface area contributed by atoms with E-state index in [1.54, 1.807) is 4.90 Å². The van der Waals surface area contributed by atoms with Gasteiger partial charge in [-0.3, -0.25) is 9.59 Å². The zero-order chi connectivity index (χ0) is 21.8. The van der Waals surface area contributed by atoms with Crippen LogP contribution >= 0.6 is 0 Å². The van der Waals surface area contributed by atoms with Gasteiger partial charge in [-0.1, -0.05) is 25.0 Å². The standard InChI is InChI=1S/C24H34N4O3/c1-18-6-4-10-21(16-18)25-24(31)28-11-5-9-20(17-28)23(30)27-14-12-26(13-15-27)22(29)19-7-2-3-8-19/h4,6,10,16,19-20H,2-3,5,7-9,11-15,17H2,1H3,(H,25,31). The second-order valence-corrected chi connectivity index (χ2v) is 9.22. The average Bonchev–Trinajstić information content (AvgIpc) is 3.33. The van der Waals surface area contributed by atoms with Crippen LogP contribution in [-0.4, -0.2) is 71.8 Å². The smallest absolute Gasteiger partial charge is 0.321 e. The first-order chi connectivity index (χ1) is 15.0. The van der Waals surface area contributed by atoms with Crippen molar-refractivity contribution in [3.63, 3.8) is 0 Å². The number of likely N-dealkylation sites (tertiary alicyclic amines) is 1. The number of anilines is 1. The van der Waals surface area contributed by atoms with Gasteiger partial charge < -0.3 is 20.0 Å². The number of rotatable bonds is 3. The van der Waals surface area contributed by atoms with Crippen molar-refractivity contribution in [3.8, 4) is 0 Å². The van der Waals surface area contributed by atoms with Crippen molar-refractivity contribution < 1.29 is 14.4 Å². The summed E-state index contributed by atoms with van der Waals surface area (Å²) < 4.78 is 0. The van der Waals surface area contributed by atoms with E-state index in [4.69, 9.17) is 0 Å². The fourth-order valence-electron chi connectivity index (χ4n) is 5.12. The highest BCUT2D eigenvalue weighted by atomic mass is 16.2. The van der Waals surface area contributed by atoms with Crippen LogP contribution < -0.4 is 5.32 Å². The molecule has 0 spiro atoms. The molecule has 4 amide bonds. The van der Waals surface area contributed by atoms with Crippen LogP contribution in [0.4, 0.5) is 10.5 Å². The van der Waals surface area contributed by atoms with Crippen LogP contribution in [-0.2, 0) is 9.59 Å². The fraction of sp³-hybridized carbons (Fsp3) is 0.625. The molecule has 1 aliphatic carbocycles. The minimum Gasteiger partial charge on any atom is -0.339 e. The lowest BCUT2D eigenvalue weighted by molar-refractivity contribution is -0.144. The van der Waals surface area contributed by atoms with Crippen LogP contribution in [0.15, 0.2) is 24.3 Å². The molecule has 0 bridgehead atoms. The van der Waals surface area contributed by atoms with Gasteiger partial charge in [0, 0.05) is 50.9 Å². The molecule has 7 nitrogen and oxygen atoms in total. The Morgan fingerprint density at radius 3 is 2.06 bits per heavy atom. The molecule has 1 N–H and O–H groups in total. The van der Waals surface area contributed by atoms with Crippen molar-refractivity contribution in [3.05, 3.63) is 29.8 Å². The van der Waals surface area contributed by atoms with Gasteiger partial charge in [0.2, 0.25) is 11.8 Å². The number of urea groups is 1. The molecule has 1 aromatic carbocycles. The second kappa shape index (κ2) is 9.71. The van der Waals surface area contributed by atoms with Crippen LogP contribution in [0.5, 0.6) is 0 Å². The molecule has 168 valence electrons. The number of amides is 4. The lowest BCUT2D eigenvalue weighted by Gasteiger charge is -2.39. The van der Waals surface area contributed by atoms with Crippen molar-refractivity contribution in [2.75, 3.05) is 44.6 Å². The maximum absolute atomic E-state index is 13.1. The normalized spacial score (nSPS) is 22.5. The molecule has 2 aliphatic heterocycles. The second-order valence-electron chi connectivity index (χ2n) is 9.22. The molecule has 3 aliphatic rings. The number of piperazine rings is 1. The maximum atomic E-state index is 13.1. The highest BCUT2D eigenvalue weighted by molar-refractivity contribution is 5.90. The predicted octanol–water partition coefficient (Wildman–Crippen LogP) is 3.10. The quantitative estimate of drug-likeness (QED) is 0.807. The molecular weight excluding hydrogens is 392 g/mol. The first-order valence-electron chi connectivity index (χ1n) is 11.7. The van der Waals surface area contributed by atoms with E-state index in [1.807, 2.05) is 41.0 Å². The van der Waals surface area contributed by atoms with Gasteiger partial charge in [-0.2, -0.15) is 0 Å². The minimum absolute atomic E-state index is 0.126. The fourth-order valence-corrected chi connectivity index (χ4v) is 5.12. The summed E-state index contributed by atoms with van der Waals surface area (Å²) in [5.41, 5.74) is 1.87. The predicted molar refractivity (Wildman–Crippen MR) is 120 cm³/mol. The van der Waals surface area contributed by atoms with Gasteiger partial charge >= 0.3 is 6.03 Å². The van der Waals surface area contributed by atoms with Crippen molar-refractivity contribution in [2.24, 2.45) is 11.8 Å². The zero-order valence-electron chi connectivity index (χ0n) is 18.5. The Hall–Kier alpha value is -2.57. The third-order valence-corrected chi connectivity index (χ3v) is 6.93. The average molecular weight is 427 g/mol. The third-order valence-electron chi connectivity index (χ3n) is 6.93. The Morgan fingerprint density at radius 1 is 0.806 bits per heavy atom. The number of aryl methyl sites for hydroxylation is 1. The summed E-state index contributed by atoms with van der Waals surface area (Å²) >= 11 is 0. The van der Waals surface area contributed by atoms with E-state index in [2.05, 4.69) is 5.32 Å². The van der Waals surface area contributed by atoms with Crippen LogP contribution in [0.3, 0.4) is 0 Å². The maximum Gasteiger partial charge on any atom is 0.321 e. The summed E-state index contributed by atoms with van der Waals surface area (Å²) in [6.45, 7) is 5.58. The van der Waals surface area contributed by atoms with Gasteiger partial charge in [0.05, 0.1) is 5.92 Å². The summed E-state index contributed by atoms with van der Waals surface area (Å²) in [5.74, 6) is 0.442. The molecule has 0 radical (unpaired) electrons. The lowest BCUT2D eigenvalue weighted by atomic mass is 9.96. The molecule has 2 heterocycles. The van der Waals surface area contributed by atoms with Crippen molar-refractivity contribution in [1.82, 2.24) is 14.7 Å². The molecule has 2 saturated heterocycles. The first kappa shape index (κ1) is 21.7. The minimum atomic E-state index is -0.158. The first-order valence-corrected chi connectivity index (χ1v) is 11.7. The van der Waals surface area contributed by atoms with E-state index in [0.717, 1.165) is 49.8 Å². The summed E-state index contributed by atoms with van der Waals surface area (Å²) in [5, 5.41) is 2.95. The van der Waals surface area contributed by atoms with Crippen LogP contribution in [0.2, 0.25) is 0 Å². The summed E-state index contributed by atoms with van der Waals surface area (Å²) in [6.07, 6.45) is 5.99. The number of nitrogens with zero attached hydrogens (tertiary/aromatic N) is 3. The number of carbonyl (C=O) groups is 3. The zero-order valence-corrected chi connectivity index (χ0v) is 18.5. The third kappa shape index (κ3) is 5.20. The van der Waals surface area contributed by atoms with E-state index in [-0.39, 0.29) is 29.7 Å². The molecule has 1 atom stereocenters. The Kier molecular flexibility index (Phi) is 6.78. The molecule has 3 fully saturated rings. The van der Waals surface area contributed by atoms with E-state index in [9.17, 15) is 14.4 Å². The SMILES string of the molecule is Cc1cccc(NC(=O)N2CCCC(C(=O)N3CCN(C(=O)C4CCCC4)CC3)C2)c1. The van der Waals surface area contributed by atoms with Gasteiger partial charge in [0.1, 0.15) is 0 Å². The monoisotopic (exact) mass is 426 g/mol. The van der Waals surface area contributed by atoms with Gasteiger partial charge in [0.25, 0.3) is 0 Å². The van der Waals surface area contributed by atoms with Crippen LogP contribution in [0, 0.1) is 18.8 Å². The molecule has 4 rings (SSSR count). The van der Waals surface area contributed by atoms with E-state index >= 15 is 0 Å². The molecule has 31 heavy (non-hydrogen) atoms. The summed E-state index contributed by atoms with van der Waals surface area (Å²) in [4.78, 5) is 44.1. The van der Waals surface area contributed by atoms with Gasteiger partial charge in [-0.15, -0.1) is 0 Å². The van der Waals surface area contributed by atoms with E-state index < -0.39 is 0 Å². The molecule has 1 saturated carbocycles. The molecular formula is C24H34N4O3. The van der Waals surface area contributed by atoms with Gasteiger partial charge in [-0.25, -0.2) is 4.79 Å². The van der Waals surface area contributed by atoms with Crippen molar-refractivity contribution in [1.29, 1.82) is 0 Å². The van der Waals surface area contributed by atoms with Crippen molar-refractivity contribution >= 4 is 23.5 Å². The molecule has 0 aromatic heterocycles. The number of benzene rings is 1. The van der Waals surface area contributed by atoms with E-state index in [1.165, 1.54) is 0 Å². The number of hydrogen-bond donors (Lipinski definition) is 1. The van der Waals surface area contributed by atoms with E-state index in [0.29, 0.717) is 39.3 Å².